The number of hydrogen-bond donors (Lipinski definition) is 2. The van der Waals surface area contributed by atoms with Gasteiger partial charge >= 0.3 is 0 Å². The van der Waals surface area contributed by atoms with E-state index in [1.807, 2.05) is 55.5 Å². The molecular formula is C21H19N5O. The van der Waals surface area contributed by atoms with Crippen molar-refractivity contribution in [1.82, 2.24) is 15.0 Å². The molecular weight excluding hydrogens is 338 g/mol. The minimum atomic E-state index is 0.421. The molecule has 0 unspecified atom stereocenters. The van der Waals surface area contributed by atoms with Crippen molar-refractivity contribution in [1.29, 1.82) is 0 Å². The number of pyridine rings is 1. The monoisotopic (exact) mass is 357 g/mol. The van der Waals surface area contributed by atoms with Gasteiger partial charge in [0.05, 0.1) is 18.1 Å². The van der Waals surface area contributed by atoms with Gasteiger partial charge in [-0.05, 0) is 36.8 Å². The molecule has 3 N–H and O–H groups in total. The van der Waals surface area contributed by atoms with Gasteiger partial charge in [-0.2, -0.15) is 0 Å². The van der Waals surface area contributed by atoms with Crippen molar-refractivity contribution in [2.75, 3.05) is 11.1 Å². The third-order valence-electron chi connectivity index (χ3n) is 4.17. The Morgan fingerprint density at radius 2 is 1.78 bits per heavy atom. The molecule has 0 saturated heterocycles. The standard InChI is InChI=1S/C21H19N5O/c1-14-11-25-21(12-24-14)26-20-10-15(8-9-23-20)13-27-19-7-6-18(22)16-4-2-3-5-17(16)19/h2-12H,13,22H2,1H3,(H,23,25,26). The fraction of sp³-hybridized carbons (Fsp3) is 0.0952. The number of nitrogen functional groups attached to an aromatic ring is 1. The van der Waals surface area contributed by atoms with Gasteiger partial charge in [0.2, 0.25) is 0 Å². The molecule has 2 heterocycles. The Morgan fingerprint density at radius 1 is 0.926 bits per heavy atom. The lowest BCUT2D eigenvalue weighted by Crippen LogP contribution is -2.01. The van der Waals surface area contributed by atoms with Gasteiger partial charge in [-0.25, -0.2) is 9.97 Å². The van der Waals surface area contributed by atoms with E-state index in [1.54, 1.807) is 18.6 Å². The van der Waals surface area contributed by atoms with Gasteiger partial charge in [-0.1, -0.05) is 24.3 Å². The Labute approximate surface area is 157 Å². The first-order valence-corrected chi connectivity index (χ1v) is 8.60. The van der Waals surface area contributed by atoms with Crippen LogP contribution < -0.4 is 15.8 Å². The number of fused-ring (bicyclic) bond motifs is 1. The first kappa shape index (κ1) is 16.8. The number of aromatic nitrogens is 3. The first-order chi connectivity index (χ1) is 13.2. The minimum absolute atomic E-state index is 0.421. The molecule has 0 aliphatic heterocycles. The summed E-state index contributed by atoms with van der Waals surface area (Å²) in [7, 11) is 0. The van der Waals surface area contributed by atoms with Gasteiger partial charge in [0, 0.05) is 22.7 Å². The van der Waals surface area contributed by atoms with Gasteiger partial charge in [0.15, 0.2) is 0 Å². The van der Waals surface area contributed by atoms with Gasteiger partial charge in [-0.3, -0.25) is 4.98 Å². The summed E-state index contributed by atoms with van der Waals surface area (Å²) in [6, 6.07) is 15.6. The minimum Gasteiger partial charge on any atom is -0.488 e. The molecule has 0 aliphatic carbocycles. The van der Waals surface area contributed by atoms with Crippen molar-refractivity contribution in [3.05, 3.63) is 78.4 Å². The number of ether oxygens (including phenoxy) is 1. The topological polar surface area (TPSA) is 86.0 Å². The number of aryl methyl sites for hydroxylation is 1. The number of benzene rings is 2. The fourth-order valence-electron chi connectivity index (χ4n) is 2.80. The molecule has 6 heteroatoms. The van der Waals surface area contributed by atoms with Crippen LogP contribution >= 0.6 is 0 Å². The Kier molecular flexibility index (Phi) is 4.53. The molecule has 0 atom stereocenters. The van der Waals surface area contributed by atoms with Crippen molar-refractivity contribution >= 4 is 28.1 Å². The predicted molar refractivity (Wildman–Crippen MR) is 107 cm³/mol. The summed E-state index contributed by atoms with van der Waals surface area (Å²) in [6.07, 6.45) is 5.13. The van der Waals surface area contributed by atoms with E-state index < -0.39 is 0 Å². The van der Waals surface area contributed by atoms with Crippen LogP contribution in [0.5, 0.6) is 5.75 Å². The van der Waals surface area contributed by atoms with Gasteiger partial charge in [-0.15, -0.1) is 0 Å². The van der Waals surface area contributed by atoms with Gasteiger partial charge < -0.3 is 15.8 Å². The van der Waals surface area contributed by atoms with E-state index >= 15 is 0 Å². The summed E-state index contributed by atoms with van der Waals surface area (Å²) in [5, 5.41) is 5.14. The van der Waals surface area contributed by atoms with Crippen molar-refractivity contribution < 1.29 is 4.74 Å². The van der Waals surface area contributed by atoms with Crippen LogP contribution in [0.1, 0.15) is 11.3 Å². The molecule has 0 amide bonds. The average molecular weight is 357 g/mol. The molecule has 0 bridgehead atoms. The molecule has 0 spiro atoms. The van der Waals surface area contributed by atoms with Gasteiger partial charge in [0.25, 0.3) is 0 Å². The molecule has 0 radical (unpaired) electrons. The van der Waals surface area contributed by atoms with Crippen molar-refractivity contribution in [3.63, 3.8) is 0 Å². The summed E-state index contributed by atoms with van der Waals surface area (Å²) < 4.78 is 6.04. The van der Waals surface area contributed by atoms with Crippen LogP contribution in [0.15, 0.2) is 67.1 Å². The smallest absolute Gasteiger partial charge is 0.150 e. The van der Waals surface area contributed by atoms with Crippen LogP contribution in [0, 0.1) is 6.92 Å². The second kappa shape index (κ2) is 7.29. The highest BCUT2D eigenvalue weighted by molar-refractivity contribution is 5.96. The molecule has 2 aromatic carbocycles. The maximum Gasteiger partial charge on any atom is 0.150 e. The second-order valence-electron chi connectivity index (χ2n) is 6.20. The largest absolute Gasteiger partial charge is 0.488 e. The number of rotatable bonds is 5. The van der Waals surface area contributed by atoms with E-state index in [0.717, 1.165) is 33.5 Å². The molecule has 2 aromatic heterocycles. The Hall–Kier alpha value is -3.67. The van der Waals surface area contributed by atoms with Crippen molar-refractivity contribution in [3.8, 4) is 5.75 Å². The van der Waals surface area contributed by atoms with Crippen LogP contribution in [-0.2, 0) is 6.61 Å². The van der Waals surface area contributed by atoms with Crippen LogP contribution in [-0.4, -0.2) is 15.0 Å². The van der Waals surface area contributed by atoms with E-state index in [4.69, 9.17) is 10.5 Å². The quantitative estimate of drug-likeness (QED) is 0.520. The maximum atomic E-state index is 6.05. The second-order valence-corrected chi connectivity index (χ2v) is 6.20. The van der Waals surface area contributed by atoms with Crippen molar-refractivity contribution in [2.24, 2.45) is 0 Å². The zero-order valence-electron chi connectivity index (χ0n) is 14.9. The summed E-state index contributed by atoms with van der Waals surface area (Å²) >= 11 is 0. The summed E-state index contributed by atoms with van der Waals surface area (Å²) in [6.45, 7) is 2.32. The van der Waals surface area contributed by atoms with E-state index in [2.05, 4.69) is 20.3 Å². The molecule has 0 aliphatic rings. The third-order valence-corrected chi connectivity index (χ3v) is 4.17. The molecule has 4 aromatic rings. The van der Waals surface area contributed by atoms with E-state index in [0.29, 0.717) is 18.2 Å². The Bertz CT molecular complexity index is 1080. The lowest BCUT2D eigenvalue weighted by molar-refractivity contribution is 0.310. The molecule has 0 saturated carbocycles. The van der Waals surface area contributed by atoms with Crippen LogP contribution in [0.25, 0.3) is 10.8 Å². The molecule has 4 rings (SSSR count). The summed E-state index contributed by atoms with van der Waals surface area (Å²) in [5.74, 6) is 2.14. The van der Waals surface area contributed by atoms with Crippen LogP contribution in [0.2, 0.25) is 0 Å². The van der Waals surface area contributed by atoms with E-state index in [-0.39, 0.29) is 0 Å². The lowest BCUT2D eigenvalue weighted by Gasteiger charge is -2.12. The highest BCUT2D eigenvalue weighted by Crippen LogP contribution is 2.30. The number of hydrogen-bond acceptors (Lipinski definition) is 6. The van der Waals surface area contributed by atoms with E-state index in [9.17, 15) is 0 Å². The zero-order valence-corrected chi connectivity index (χ0v) is 14.9. The summed E-state index contributed by atoms with van der Waals surface area (Å²) in [5.41, 5.74) is 8.66. The maximum absolute atomic E-state index is 6.05. The number of nitrogens with two attached hydrogens (primary N) is 1. The highest BCUT2D eigenvalue weighted by Gasteiger charge is 2.06. The van der Waals surface area contributed by atoms with Crippen LogP contribution in [0.3, 0.4) is 0 Å². The number of nitrogens with zero attached hydrogens (tertiary/aromatic N) is 3. The predicted octanol–water partition coefficient (Wildman–Crippen LogP) is 4.24. The average Bonchev–Trinajstić information content (AvgIpc) is 2.70. The SMILES string of the molecule is Cc1cnc(Nc2cc(COc3ccc(N)c4ccccc34)ccn2)cn1. The number of nitrogens with one attached hydrogen (secondary N) is 1. The zero-order chi connectivity index (χ0) is 18.6. The lowest BCUT2D eigenvalue weighted by atomic mass is 10.1. The van der Waals surface area contributed by atoms with Gasteiger partial charge in [0.1, 0.15) is 24.0 Å². The molecule has 6 nitrogen and oxygen atoms in total. The summed E-state index contributed by atoms with van der Waals surface area (Å²) in [4.78, 5) is 12.8. The normalized spacial score (nSPS) is 10.7. The molecule has 134 valence electrons. The fourth-order valence-corrected chi connectivity index (χ4v) is 2.80. The number of anilines is 3. The van der Waals surface area contributed by atoms with Crippen molar-refractivity contribution in [2.45, 2.75) is 13.5 Å². The molecule has 27 heavy (non-hydrogen) atoms. The molecule has 0 fully saturated rings. The van der Waals surface area contributed by atoms with Crippen LogP contribution in [0.4, 0.5) is 17.3 Å². The third kappa shape index (κ3) is 3.79. The van der Waals surface area contributed by atoms with E-state index in [1.165, 1.54) is 0 Å². The highest BCUT2D eigenvalue weighted by atomic mass is 16.5. The Morgan fingerprint density at radius 3 is 2.59 bits per heavy atom. The Balaban J connectivity index is 1.51. The first-order valence-electron chi connectivity index (χ1n) is 8.60.